The fraction of sp³-hybridized carbons (Fsp3) is 0.438. The van der Waals surface area contributed by atoms with Crippen molar-refractivity contribution < 1.29 is 4.74 Å². The van der Waals surface area contributed by atoms with Crippen LogP contribution in [0, 0.1) is 20.8 Å². The Labute approximate surface area is 125 Å². The lowest BCUT2D eigenvalue weighted by molar-refractivity contribution is 0.410. The van der Waals surface area contributed by atoms with Gasteiger partial charge in [0.25, 0.3) is 0 Å². The molecule has 2 aromatic rings. The number of benzene rings is 1. The lowest BCUT2D eigenvalue weighted by atomic mass is 10.0. The Morgan fingerprint density at radius 1 is 1.30 bits per heavy atom. The summed E-state index contributed by atoms with van der Waals surface area (Å²) in [4.78, 5) is 5.93. The summed E-state index contributed by atoms with van der Waals surface area (Å²) in [5.74, 6) is 0.939. The number of thiazole rings is 1. The molecule has 0 radical (unpaired) electrons. The van der Waals surface area contributed by atoms with Gasteiger partial charge in [-0.1, -0.05) is 12.1 Å². The minimum absolute atomic E-state index is 0.259. The monoisotopic (exact) mass is 290 g/mol. The Balaban J connectivity index is 2.23. The van der Waals surface area contributed by atoms with Crippen LogP contribution in [-0.2, 0) is 6.42 Å². The highest BCUT2D eigenvalue weighted by molar-refractivity contribution is 7.11. The van der Waals surface area contributed by atoms with Gasteiger partial charge >= 0.3 is 0 Å². The number of aryl methyl sites for hydroxylation is 3. The second-order valence-corrected chi connectivity index (χ2v) is 6.31. The van der Waals surface area contributed by atoms with Crippen LogP contribution in [0.3, 0.4) is 0 Å². The highest BCUT2D eigenvalue weighted by Gasteiger charge is 2.14. The van der Waals surface area contributed by atoms with Gasteiger partial charge in [0.05, 0.1) is 17.8 Å². The fourth-order valence-electron chi connectivity index (χ4n) is 2.24. The van der Waals surface area contributed by atoms with Crippen LogP contribution >= 0.6 is 11.3 Å². The van der Waals surface area contributed by atoms with Crippen LogP contribution in [0.5, 0.6) is 5.75 Å². The molecule has 1 unspecified atom stereocenters. The molecule has 1 heterocycles. The molecule has 0 spiro atoms. The maximum Gasteiger partial charge on any atom is 0.122 e. The number of hydrogen-bond donors (Lipinski definition) is 1. The topological polar surface area (TPSA) is 34.2 Å². The van der Waals surface area contributed by atoms with Crippen molar-refractivity contribution in [3.63, 3.8) is 0 Å². The lowest BCUT2D eigenvalue weighted by Gasteiger charge is -2.17. The van der Waals surface area contributed by atoms with E-state index >= 15 is 0 Å². The van der Waals surface area contributed by atoms with E-state index in [4.69, 9.17) is 4.74 Å². The highest BCUT2D eigenvalue weighted by Crippen LogP contribution is 2.27. The zero-order valence-corrected chi connectivity index (χ0v) is 13.6. The molecule has 0 fully saturated rings. The maximum absolute atomic E-state index is 5.41. The normalized spacial score (nSPS) is 12.4. The van der Waals surface area contributed by atoms with Crippen LogP contribution in [0.1, 0.15) is 32.7 Å². The molecular weight excluding hydrogens is 268 g/mol. The van der Waals surface area contributed by atoms with Gasteiger partial charge in [0.15, 0.2) is 0 Å². The van der Waals surface area contributed by atoms with Crippen LogP contribution in [0.25, 0.3) is 0 Å². The van der Waals surface area contributed by atoms with Gasteiger partial charge in [-0.25, -0.2) is 4.98 Å². The first kappa shape index (κ1) is 15.0. The molecule has 4 heteroatoms. The average molecular weight is 290 g/mol. The molecule has 108 valence electrons. The van der Waals surface area contributed by atoms with E-state index in [2.05, 4.69) is 49.3 Å². The van der Waals surface area contributed by atoms with Crippen molar-refractivity contribution in [3.8, 4) is 5.75 Å². The largest absolute Gasteiger partial charge is 0.496 e. The molecule has 3 nitrogen and oxygen atoms in total. The Morgan fingerprint density at radius 3 is 2.60 bits per heavy atom. The van der Waals surface area contributed by atoms with Crippen LogP contribution in [-0.4, -0.2) is 19.1 Å². The molecule has 1 aromatic carbocycles. The zero-order chi connectivity index (χ0) is 14.7. The van der Waals surface area contributed by atoms with Gasteiger partial charge in [-0.3, -0.25) is 0 Å². The van der Waals surface area contributed by atoms with Crippen LogP contribution < -0.4 is 10.1 Å². The van der Waals surface area contributed by atoms with Crippen molar-refractivity contribution in [1.29, 1.82) is 0 Å². The van der Waals surface area contributed by atoms with Gasteiger partial charge < -0.3 is 10.1 Å². The number of hydrogen-bond acceptors (Lipinski definition) is 4. The molecule has 0 aliphatic heterocycles. The molecule has 2 rings (SSSR count). The van der Waals surface area contributed by atoms with E-state index in [1.807, 2.05) is 7.05 Å². The second-order valence-electron chi connectivity index (χ2n) is 5.02. The van der Waals surface area contributed by atoms with Gasteiger partial charge in [0.1, 0.15) is 5.75 Å². The minimum Gasteiger partial charge on any atom is -0.496 e. The van der Waals surface area contributed by atoms with Gasteiger partial charge in [-0.15, -0.1) is 11.3 Å². The molecule has 1 atom stereocenters. The average Bonchev–Trinajstić information content (AvgIpc) is 2.75. The number of methoxy groups -OCH3 is 1. The molecule has 1 N–H and O–H groups in total. The molecule has 0 saturated heterocycles. The van der Waals surface area contributed by atoms with Crippen molar-refractivity contribution in [3.05, 3.63) is 44.9 Å². The first-order valence-corrected chi connectivity index (χ1v) is 7.61. The Bertz CT molecular complexity index is 573. The molecule has 0 bridgehead atoms. The summed E-state index contributed by atoms with van der Waals surface area (Å²) in [5, 5.41) is 4.56. The van der Waals surface area contributed by atoms with Crippen LogP contribution in [0.15, 0.2) is 18.2 Å². The Kier molecular flexibility index (Phi) is 4.78. The number of nitrogens with one attached hydrogen (secondary N) is 1. The summed E-state index contributed by atoms with van der Waals surface area (Å²) in [6, 6.07) is 6.64. The first-order valence-electron chi connectivity index (χ1n) is 6.80. The zero-order valence-electron chi connectivity index (χ0n) is 12.8. The second kappa shape index (κ2) is 6.37. The third-order valence-corrected chi connectivity index (χ3v) is 4.73. The Morgan fingerprint density at radius 2 is 2.05 bits per heavy atom. The van der Waals surface area contributed by atoms with E-state index in [1.165, 1.54) is 15.4 Å². The van der Waals surface area contributed by atoms with E-state index < -0.39 is 0 Å². The van der Waals surface area contributed by atoms with Crippen LogP contribution in [0.2, 0.25) is 0 Å². The van der Waals surface area contributed by atoms with Crippen molar-refractivity contribution in [1.82, 2.24) is 10.3 Å². The molecule has 0 aliphatic carbocycles. The summed E-state index contributed by atoms with van der Waals surface area (Å²) in [6.07, 6.45) is 0.905. The number of nitrogens with zero attached hydrogens (tertiary/aromatic N) is 1. The maximum atomic E-state index is 5.41. The fourth-order valence-corrected chi connectivity index (χ4v) is 3.22. The Hall–Kier alpha value is -1.39. The lowest BCUT2D eigenvalue weighted by Crippen LogP contribution is -2.19. The number of likely N-dealkylation sites (N-methyl/N-ethyl adjacent to an activating group) is 1. The number of aromatic nitrogens is 1. The molecule has 0 saturated carbocycles. The van der Waals surface area contributed by atoms with Crippen LogP contribution in [0.4, 0.5) is 0 Å². The van der Waals surface area contributed by atoms with Crippen molar-refractivity contribution in [2.75, 3.05) is 14.2 Å². The molecule has 0 aliphatic rings. The van der Waals surface area contributed by atoms with E-state index in [0.717, 1.165) is 23.4 Å². The van der Waals surface area contributed by atoms with Gasteiger partial charge in [-0.2, -0.15) is 0 Å². The van der Waals surface area contributed by atoms with Gasteiger partial charge in [0.2, 0.25) is 0 Å². The van der Waals surface area contributed by atoms with Gasteiger partial charge in [-0.05, 0) is 45.0 Å². The summed E-state index contributed by atoms with van der Waals surface area (Å²) in [6.45, 7) is 6.25. The third-order valence-electron chi connectivity index (χ3n) is 3.63. The highest BCUT2D eigenvalue weighted by atomic mass is 32.1. The number of rotatable bonds is 5. The first-order chi connectivity index (χ1) is 9.55. The smallest absolute Gasteiger partial charge is 0.122 e. The summed E-state index contributed by atoms with van der Waals surface area (Å²) in [5.41, 5.74) is 3.54. The predicted molar refractivity (Wildman–Crippen MR) is 84.8 cm³/mol. The summed E-state index contributed by atoms with van der Waals surface area (Å²) >= 11 is 1.78. The standard InChI is InChI=1S/C16H22N2OS/c1-10-6-7-13(8-15(10)19-5)14(17-4)9-16-18-11(2)12(3)20-16/h6-8,14,17H,9H2,1-5H3. The van der Waals surface area contributed by atoms with Gasteiger partial charge in [0, 0.05) is 17.3 Å². The van der Waals surface area contributed by atoms with E-state index in [0.29, 0.717) is 0 Å². The van der Waals surface area contributed by atoms with E-state index in [1.54, 1.807) is 18.4 Å². The van der Waals surface area contributed by atoms with E-state index in [-0.39, 0.29) is 6.04 Å². The van der Waals surface area contributed by atoms with E-state index in [9.17, 15) is 0 Å². The SMILES string of the molecule is CNC(Cc1nc(C)c(C)s1)c1ccc(C)c(OC)c1. The van der Waals surface area contributed by atoms with Crippen molar-refractivity contribution >= 4 is 11.3 Å². The molecule has 1 aromatic heterocycles. The number of ether oxygens (including phenoxy) is 1. The predicted octanol–water partition coefficient (Wildman–Crippen LogP) is 3.58. The summed E-state index contributed by atoms with van der Waals surface area (Å²) in [7, 11) is 3.71. The quantitative estimate of drug-likeness (QED) is 0.914. The summed E-state index contributed by atoms with van der Waals surface area (Å²) < 4.78 is 5.41. The molecular formula is C16H22N2OS. The minimum atomic E-state index is 0.259. The third kappa shape index (κ3) is 3.19. The molecule has 20 heavy (non-hydrogen) atoms. The molecule has 0 amide bonds. The van der Waals surface area contributed by atoms with Crippen molar-refractivity contribution in [2.24, 2.45) is 0 Å². The van der Waals surface area contributed by atoms with Crippen molar-refractivity contribution in [2.45, 2.75) is 33.2 Å².